The third-order valence-electron chi connectivity index (χ3n) is 6.70. The molecule has 1 aliphatic carbocycles. The molecule has 0 spiro atoms. The summed E-state index contributed by atoms with van der Waals surface area (Å²) in [5.74, 6) is -0.758. The van der Waals surface area contributed by atoms with Crippen LogP contribution in [0.5, 0.6) is 5.75 Å². The lowest BCUT2D eigenvalue weighted by Gasteiger charge is -2.44. The lowest BCUT2D eigenvalue weighted by atomic mass is 9.86. The van der Waals surface area contributed by atoms with Crippen LogP contribution in [0.25, 0.3) is 0 Å². The maximum atomic E-state index is 14.2. The molecule has 0 aromatic heterocycles. The first-order chi connectivity index (χ1) is 16.9. The van der Waals surface area contributed by atoms with Crippen LogP contribution in [0.15, 0.2) is 24.3 Å². The van der Waals surface area contributed by atoms with Gasteiger partial charge in [-0.05, 0) is 77.0 Å². The van der Waals surface area contributed by atoms with E-state index in [1.165, 1.54) is 6.07 Å². The molecule has 1 fully saturated rings. The van der Waals surface area contributed by atoms with Gasteiger partial charge in [-0.2, -0.15) is 0 Å². The summed E-state index contributed by atoms with van der Waals surface area (Å²) in [4.78, 5) is 42.2. The number of benzene rings is 1. The summed E-state index contributed by atoms with van der Waals surface area (Å²) >= 11 is 0. The van der Waals surface area contributed by atoms with Crippen LogP contribution < -0.4 is 10.6 Å². The zero-order valence-electron chi connectivity index (χ0n) is 23.0. The van der Waals surface area contributed by atoms with Crippen molar-refractivity contribution in [2.75, 3.05) is 0 Å². The van der Waals surface area contributed by atoms with Crippen molar-refractivity contribution in [3.8, 4) is 5.75 Å². The number of carbonyl (C=O) groups is 3. The Balaban J connectivity index is 2.50. The van der Waals surface area contributed by atoms with Crippen molar-refractivity contribution < 1.29 is 24.2 Å². The van der Waals surface area contributed by atoms with Crippen LogP contribution >= 0.6 is 0 Å². The molecule has 8 heteroatoms. The van der Waals surface area contributed by atoms with Crippen molar-refractivity contribution in [1.29, 1.82) is 0 Å². The van der Waals surface area contributed by atoms with Crippen molar-refractivity contribution in [2.24, 2.45) is 5.92 Å². The fraction of sp³-hybridized carbons (Fsp3) is 0.679. The van der Waals surface area contributed by atoms with E-state index in [4.69, 9.17) is 4.74 Å². The third-order valence-corrected chi connectivity index (χ3v) is 6.70. The van der Waals surface area contributed by atoms with Crippen LogP contribution in [0.3, 0.4) is 0 Å². The highest BCUT2D eigenvalue weighted by molar-refractivity contribution is 5.92. The molecule has 1 aromatic carbocycles. The number of aromatic hydroxyl groups is 1. The van der Waals surface area contributed by atoms with Gasteiger partial charge in [-0.25, -0.2) is 4.79 Å². The summed E-state index contributed by atoms with van der Waals surface area (Å²) in [6.45, 7) is 13.2. The standard InChI is InChI=1S/C28H45N3O5/c1-8-12-19(4)29-25(33)24(20-13-10-16-22(32)17-20)31(21-14-11-15-21)26(34)23(18(3)9-2)30-27(35)36-28(5,6)7/h10,13,16-19,21,23-24,32H,8-9,11-12,14-15H2,1-7H3,(H,29,33)(H,30,35). The van der Waals surface area contributed by atoms with Crippen LogP contribution in [0.2, 0.25) is 0 Å². The predicted molar refractivity (Wildman–Crippen MR) is 140 cm³/mol. The van der Waals surface area contributed by atoms with E-state index in [2.05, 4.69) is 17.6 Å². The molecule has 8 nitrogen and oxygen atoms in total. The molecule has 0 saturated heterocycles. The molecule has 1 aliphatic rings. The normalized spacial score (nSPS) is 17.2. The van der Waals surface area contributed by atoms with Gasteiger partial charge in [0, 0.05) is 12.1 Å². The molecule has 4 unspecified atom stereocenters. The minimum Gasteiger partial charge on any atom is -0.508 e. The average molecular weight is 504 g/mol. The number of ether oxygens (including phenoxy) is 1. The molecular weight excluding hydrogens is 458 g/mol. The highest BCUT2D eigenvalue weighted by Crippen LogP contribution is 2.35. The van der Waals surface area contributed by atoms with E-state index in [0.717, 1.165) is 32.1 Å². The van der Waals surface area contributed by atoms with E-state index < -0.39 is 23.8 Å². The molecule has 202 valence electrons. The van der Waals surface area contributed by atoms with Crippen LogP contribution in [0.1, 0.15) is 98.6 Å². The van der Waals surface area contributed by atoms with E-state index in [1.54, 1.807) is 43.9 Å². The second-order valence-electron chi connectivity index (χ2n) is 11.0. The Morgan fingerprint density at radius 2 is 1.81 bits per heavy atom. The molecular formula is C28H45N3O5. The Labute approximate surface area is 216 Å². The van der Waals surface area contributed by atoms with Crippen LogP contribution in [-0.4, -0.2) is 51.6 Å². The summed E-state index contributed by atoms with van der Waals surface area (Å²) in [7, 11) is 0. The third kappa shape index (κ3) is 8.14. The molecule has 0 heterocycles. The summed E-state index contributed by atoms with van der Waals surface area (Å²) in [6, 6.07) is 4.52. The van der Waals surface area contributed by atoms with Gasteiger partial charge in [-0.3, -0.25) is 9.59 Å². The Morgan fingerprint density at radius 3 is 2.31 bits per heavy atom. The first-order valence-electron chi connectivity index (χ1n) is 13.3. The lowest BCUT2D eigenvalue weighted by Crippen LogP contribution is -2.59. The number of amides is 3. The Morgan fingerprint density at radius 1 is 1.14 bits per heavy atom. The van der Waals surface area contributed by atoms with Gasteiger partial charge >= 0.3 is 6.09 Å². The van der Waals surface area contributed by atoms with Crippen LogP contribution in [-0.2, 0) is 14.3 Å². The number of carbonyl (C=O) groups excluding carboxylic acids is 3. The number of alkyl carbamates (subject to hydrolysis) is 1. The van der Waals surface area contributed by atoms with Crippen molar-refractivity contribution in [1.82, 2.24) is 15.5 Å². The molecule has 0 aliphatic heterocycles. The first-order valence-corrected chi connectivity index (χ1v) is 13.3. The Hall–Kier alpha value is -2.77. The number of phenolic OH excluding ortho intramolecular Hbond substituents is 1. The Kier molecular flexibility index (Phi) is 10.6. The molecule has 2 rings (SSSR count). The van der Waals surface area contributed by atoms with E-state index >= 15 is 0 Å². The highest BCUT2D eigenvalue weighted by Gasteiger charge is 2.43. The number of hydrogen-bond donors (Lipinski definition) is 3. The molecule has 0 bridgehead atoms. The molecule has 0 radical (unpaired) electrons. The van der Waals surface area contributed by atoms with E-state index in [-0.39, 0.29) is 35.6 Å². The lowest BCUT2D eigenvalue weighted by molar-refractivity contribution is -0.148. The molecule has 3 N–H and O–H groups in total. The van der Waals surface area contributed by atoms with Gasteiger partial charge in [0.05, 0.1) is 0 Å². The number of nitrogens with zero attached hydrogens (tertiary/aromatic N) is 1. The molecule has 1 saturated carbocycles. The summed E-state index contributed by atoms with van der Waals surface area (Å²) in [5.41, 5.74) is -0.170. The van der Waals surface area contributed by atoms with E-state index in [1.807, 2.05) is 20.8 Å². The quantitative estimate of drug-likeness (QED) is 0.391. The van der Waals surface area contributed by atoms with Crippen molar-refractivity contribution in [2.45, 2.75) is 117 Å². The SMILES string of the molecule is CCCC(C)NC(=O)C(c1cccc(O)c1)N(C(=O)C(NC(=O)OC(C)(C)C)C(C)CC)C1CCC1. The predicted octanol–water partition coefficient (Wildman–Crippen LogP) is 5.06. The van der Waals surface area contributed by atoms with Gasteiger partial charge in [0.2, 0.25) is 11.8 Å². The summed E-state index contributed by atoms with van der Waals surface area (Å²) < 4.78 is 5.45. The average Bonchev–Trinajstić information content (AvgIpc) is 2.73. The van der Waals surface area contributed by atoms with Crippen molar-refractivity contribution >= 4 is 17.9 Å². The van der Waals surface area contributed by atoms with Crippen molar-refractivity contribution in [3.05, 3.63) is 29.8 Å². The molecule has 36 heavy (non-hydrogen) atoms. The number of rotatable bonds is 11. The van der Waals surface area contributed by atoms with Crippen LogP contribution in [0.4, 0.5) is 4.79 Å². The topological polar surface area (TPSA) is 108 Å². The minimum atomic E-state index is -0.929. The summed E-state index contributed by atoms with van der Waals surface area (Å²) in [6.07, 6.45) is 4.23. The van der Waals surface area contributed by atoms with E-state index in [9.17, 15) is 19.5 Å². The maximum Gasteiger partial charge on any atom is 0.408 e. The zero-order chi connectivity index (χ0) is 27.0. The van der Waals surface area contributed by atoms with Gasteiger partial charge in [0.15, 0.2) is 0 Å². The highest BCUT2D eigenvalue weighted by atomic mass is 16.6. The number of hydrogen-bond acceptors (Lipinski definition) is 5. The van der Waals surface area contributed by atoms with Crippen molar-refractivity contribution in [3.63, 3.8) is 0 Å². The minimum absolute atomic E-state index is 0.0262. The molecule has 1 aromatic rings. The largest absolute Gasteiger partial charge is 0.508 e. The zero-order valence-corrected chi connectivity index (χ0v) is 23.0. The van der Waals surface area contributed by atoms with E-state index in [0.29, 0.717) is 12.0 Å². The monoisotopic (exact) mass is 503 g/mol. The van der Waals surface area contributed by atoms with Gasteiger partial charge in [0.25, 0.3) is 0 Å². The maximum absolute atomic E-state index is 14.2. The smallest absolute Gasteiger partial charge is 0.408 e. The molecule has 3 amide bonds. The summed E-state index contributed by atoms with van der Waals surface area (Å²) in [5, 5.41) is 16.1. The molecule has 4 atom stereocenters. The van der Waals surface area contributed by atoms with Gasteiger partial charge < -0.3 is 25.4 Å². The Bertz CT molecular complexity index is 893. The van der Waals surface area contributed by atoms with Gasteiger partial charge in [0.1, 0.15) is 23.4 Å². The number of nitrogens with one attached hydrogen (secondary N) is 2. The second kappa shape index (κ2) is 13.0. The fourth-order valence-electron chi connectivity index (χ4n) is 4.42. The first kappa shape index (κ1) is 29.5. The fourth-order valence-corrected chi connectivity index (χ4v) is 4.42. The van der Waals surface area contributed by atoms with Gasteiger partial charge in [-0.15, -0.1) is 0 Å². The van der Waals surface area contributed by atoms with Gasteiger partial charge in [-0.1, -0.05) is 45.7 Å². The number of phenols is 1. The van der Waals surface area contributed by atoms with Crippen LogP contribution in [0, 0.1) is 5.92 Å². The second-order valence-corrected chi connectivity index (χ2v) is 11.0.